The molecule has 1 aromatic carbocycles. The van der Waals surface area contributed by atoms with Crippen molar-refractivity contribution in [3.8, 4) is 0 Å². The molecule has 3 rings (SSSR count). The molecule has 2 heterocycles. The number of thioether (sulfide) groups is 1. The van der Waals surface area contributed by atoms with Gasteiger partial charge in [-0.2, -0.15) is 11.8 Å². The van der Waals surface area contributed by atoms with Gasteiger partial charge in [-0.25, -0.2) is 0 Å². The van der Waals surface area contributed by atoms with E-state index in [2.05, 4.69) is 0 Å². The Morgan fingerprint density at radius 1 is 1.18 bits per heavy atom. The van der Waals surface area contributed by atoms with Crippen molar-refractivity contribution in [2.75, 3.05) is 31.6 Å². The van der Waals surface area contributed by atoms with Crippen LogP contribution in [0.5, 0.6) is 0 Å². The highest BCUT2D eigenvalue weighted by Crippen LogP contribution is 2.37. The second-order valence-electron chi connectivity index (χ2n) is 5.94. The fourth-order valence-corrected chi connectivity index (χ4v) is 4.32. The number of benzene rings is 1. The first-order chi connectivity index (χ1) is 10.7. The van der Waals surface area contributed by atoms with Crippen LogP contribution in [-0.2, 0) is 9.59 Å². The Hall–Kier alpha value is -1.49. The molecule has 2 aliphatic heterocycles. The van der Waals surface area contributed by atoms with Crippen molar-refractivity contribution in [1.29, 1.82) is 0 Å². The Balaban J connectivity index is 1.86. The quantitative estimate of drug-likeness (QED) is 0.839. The van der Waals surface area contributed by atoms with Gasteiger partial charge in [0.1, 0.15) is 0 Å². The topological polar surface area (TPSA) is 40.6 Å². The van der Waals surface area contributed by atoms with E-state index in [0.717, 1.165) is 30.2 Å². The van der Waals surface area contributed by atoms with Crippen LogP contribution < -0.4 is 0 Å². The number of hydrogen-bond donors (Lipinski definition) is 0. The normalized spacial score (nSPS) is 26.1. The van der Waals surface area contributed by atoms with E-state index in [9.17, 15) is 9.59 Å². The van der Waals surface area contributed by atoms with Gasteiger partial charge in [0, 0.05) is 38.1 Å². The highest BCUT2D eigenvalue weighted by atomic mass is 32.2. The first-order valence-electron chi connectivity index (χ1n) is 7.85. The fourth-order valence-electron chi connectivity index (χ4n) is 3.42. The van der Waals surface area contributed by atoms with Crippen LogP contribution >= 0.6 is 11.8 Å². The van der Waals surface area contributed by atoms with Crippen molar-refractivity contribution in [3.63, 3.8) is 0 Å². The van der Waals surface area contributed by atoms with Crippen LogP contribution in [0.1, 0.15) is 24.4 Å². The number of hydrogen-bond acceptors (Lipinski definition) is 3. The molecule has 2 amide bonds. The zero-order chi connectivity index (χ0) is 15.5. The van der Waals surface area contributed by atoms with Gasteiger partial charge in [-0.05, 0) is 12.0 Å². The molecule has 0 aromatic heterocycles. The first kappa shape index (κ1) is 15.4. The predicted molar refractivity (Wildman–Crippen MR) is 88.6 cm³/mol. The molecule has 118 valence electrons. The SMILES string of the molecule is CN1C(=O)CC[C@@H](C(=O)N2CCSCC2)[C@H]1c1ccccc1. The minimum Gasteiger partial charge on any atom is -0.341 e. The van der Waals surface area contributed by atoms with Gasteiger partial charge in [-0.1, -0.05) is 30.3 Å². The average Bonchev–Trinajstić information content (AvgIpc) is 2.58. The molecule has 0 saturated carbocycles. The number of nitrogens with zero attached hydrogens (tertiary/aromatic N) is 2. The van der Waals surface area contributed by atoms with E-state index < -0.39 is 0 Å². The minimum atomic E-state index is -0.135. The van der Waals surface area contributed by atoms with E-state index in [1.807, 2.05) is 54.0 Å². The summed E-state index contributed by atoms with van der Waals surface area (Å²) in [5.74, 6) is 2.26. The Kier molecular flexibility index (Phi) is 4.71. The lowest BCUT2D eigenvalue weighted by molar-refractivity contribution is -0.146. The van der Waals surface area contributed by atoms with E-state index in [0.29, 0.717) is 12.8 Å². The molecule has 0 aliphatic carbocycles. The van der Waals surface area contributed by atoms with Gasteiger partial charge in [0.15, 0.2) is 0 Å². The third-order valence-corrected chi connectivity index (χ3v) is 5.58. The Bertz CT molecular complexity index is 543. The van der Waals surface area contributed by atoms with Crippen molar-refractivity contribution in [2.24, 2.45) is 5.92 Å². The maximum Gasteiger partial charge on any atom is 0.228 e. The second-order valence-corrected chi connectivity index (χ2v) is 7.17. The second kappa shape index (κ2) is 6.73. The summed E-state index contributed by atoms with van der Waals surface area (Å²) in [7, 11) is 1.82. The largest absolute Gasteiger partial charge is 0.341 e. The lowest BCUT2D eigenvalue weighted by Crippen LogP contribution is -2.49. The highest BCUT2D eigenvalue weighted by Gasteiger charge is 2.40. The lowest BCUT2D eigenvalue weighted by atomic mass is 9.83. The molecule has 5 heteroatoms. The molecule has 0 radical (unpaired) electrons. The molecule has 2 aliphatic rings. The molecular formula is C17H22N2O2S. The molecule has 0 spiro atoms. The highest BCUT2D eigenvalue weighted by molar-refractivity contribution is 7.99. The summed E-state index contributed by atoms with van der Waals surface area (Å²) in [4.78, 5) is 28.8. The van der Waals surface area contributed by atoms with Crippen molar-refractivity contribution >= 4 is 23.6 Å². The van der Waals surface area contributed by atoms with Crippen LogP contribution in [0.2, 0.25) is 0 Å². The number of carbonyl (C=O) groups excluding carboxylic acids is 2. The van der Waals surface area contributed by atoms with Gasteiger partial charge in [-0.15, -0.1) is 0 Å². The number of rotatable bonds is 2. The molecule has 0 bridgehead atoms. The third-order valence-electron chi connectivity index (χ3n) is 4.64. The van der Waals surface area contributed by atoms with Crippen molar-refractivity contribution in [3.05, 3.63) is 35.9 Å². The maximum atomic E-state index is 13.0. The molecular weight excluding hydrogens is 296 g/mol. The molecule has 2 fully saturated rings. The monoisotopic (exact) mass is 318 g/mol. The smallest absolute Gasteiger partial charge is 0.228 e. The summed E-state index contributed by atoms with van der Waals surface area (Å²) in [6.07, 6.45) is 1.13. The third kappa shape index (κ3) is 3.00. The van der Waals surface area contributed by atoms with E-state index in [-0.39, 0.29) is 23.8 Å². The van der Waals surface area contributed by atoms with Crippen LogP contribution in [0.4, 0.5) is 0 Å². The predicted octanol–water partition coefficient (Wildman–Crippen LogP) is 2.17. The van der Waals surface area contributed by atoms with Crippen LogP contribution in [0.15, 0.2) is 30.3 Å². The Morgan fingerprint density at radius 3 is 2.55 bits per heavy atom. The summed E-state index contributed by atoms with van der Waals surface area (Å²) >= 11 is 1.90. The Labute approximate surface area is 135 Å². The molecule has 2 saturated heterocycles. The van der Waals surface area contributed by atoms with Crippen molar-refractivity contribution in [1.82, 2.24) is 9.80 Å². The van der Waals surface area contributed by atoms with Gasteiger partial charge >= 0.3 is 0 Å². The zero-order valence-electron chi connectivity index (χ0n) is 12.9. The summed E-state index contributed by atoms with van der Waals surface area (Å²) < 4.78 is 0. The molecule has 2 atom stereocenters. The van der Waals surface area contributed by atoms with Gasteiger partial charge in [-0.3, -0.25) is 9.59 Å². The number of likely N-dealkylation sites (tertiary alicyclic amines) is 1. The van der Waals surface area contributed by atoms with Gasteiger partial charge in [0.05, 0.1) is 12.0 Å². The van der Waals surface area contributed by atoms with Crippen LogP contribution in [0.3, 0.4) is 0 Å². The standard InChI is InChI=1S/C17H22N2O2S/c1-18-15(20)8-7-14(16(18)13-5-3-2-4-6-13)17(21)19-9-11-22-12-10-19/h2-6,14,16H,7-12H2,1H3/t14-,16-/m1/s1. The summed E-state index contributed by atoms with van der Waals surface area (Å²) in [5.41, 5.74) is 1.06. The van der Waals surface area contributed by atoms with Crippen molar-refractivity contribution in [2.45, 2.75) is 18.9 Å². The molecule has 0 unspecified atom stereocenters. The van der Waals surface area contributed by atoms with Crippen LogP contribution in [0.25, 0.3) is 0 Å². The average molecular weight is 318 g/mol. The van der Waals surface area contributed by atoms with Gasteiger partial charge in [0.2, 0.25) is 11.8 Å². The molecule has 22 heavy (non-hydrogen) atoms. The van der Waals surface area contributed by atoms with Crippen molar-refractivity contribution < 1.29 is 9.59 Å². The maximum absolute atomic E-state index is 13.0. The summed E-state index contributed by atoms with van der Waals surface area (Å²) in [5, 5.41) is 0. The fraction of sp³-hybridized carbons (Fsp3) is 0.529. The number of carbonyl (C=O) groups is 2. The van der Waals surface area contributed by atoms with Gasteiger partial charge < -0.3 is 9.80 Å². The number of amides is 2. The first-order valence-corrected chi connectivity index (χ1v) is 9.01. The summed E-state index contributed by atoms with van der Waals surface area (Å²) in [6.45, 7) is 1.67. The van der Waals surface area contributed by atoms with Crippen LogP contribution in [0, 0.1) is 5.92 Å². The zero-order valence-corrected chi connectivity index (χ0v) is 13.7. The number of piperidine rings is 1. The van der Waals surface area contributed by atoms with Crippen LogP contribution in [-0.4, -0.2) is 53.3 Å². The molecule has 0 N–H and O–H groups in total. The Morgan fingerprint density at radius 2 is 1.86 bits per heavy atom. The molecule has 4 nitrogen and oxygen atoms in total. The minimum absolute atomic E-state index is 0.117. The summed E-state index contributed by atoms with van der Waals surface area (Å²) in [6, 6.07) is 9.82. The van der Waals surface area contributed by atoms with Gasteiger partial charge in [0.25, 0.3) is 0 Å². The van der Waals surface area contributed by atoms with E-state index in [1.54, 1.807) is 4.90 Å². The van der Waals surface area contributed by atoms with E-state index in [1.165, 1.54) is 0 Å². The molecule has 1 aromatic rings. The van der Waals surface area contributed by atoms with E-state index in [4.69, 9.17) is 0 Å². The lowest BCUT2D eigenvalue weighted by Gasteiger charge is -2.41. The van der Waals surface area contributed by atoms with E-state index >= 15 is 0 Å².